The van der Waals surface area contributed by atoms with Crippen molar-refractivity contribution >= 4 is 27.7 Å². The maximum atomic E-state index is 13.6. The van der Waals surface area contributed by atoms with E-state index in [0.29, 0.717) is 37.6 Å². The van der Waals surface area contributed by atoms with E-state index in [-0.39, 0.29) is 12.5 Å². The van der Waals surface area contributed by atoms with E-state index in [1.54, 1.807) is 0 Å². The molecule has 9 nitrogen and oxygen atoms in total. The molecule has 2 aliphatic rings. The summed E-state index contributed by atoms with van der Waals surface area (Å²) < 4.78 is 18.2. The molecule has 1 fully saturated rings. The zero-order chi connectivity index (χ0) is 26.1. The standard InChI is InChI=1S/C27H35BrN4O5/c1-20-27(19-21-3-7-23(28)8-4-21,26(34)31-29-11-12-32-13-17-35-18-14-32)30-25(37-20)22-5-9-24(10-6-22)36-16-2-15-33/h3-10,20,29,33H,2,11-19H2,1H3,(H,31,34)/t20-,27-/m0/s1. The maximum absolute atomic E-state index is 13.6. The van der Waals surface area contributed by atoms with Crippen molar-refractivity contribution in [2.24, 2.45) is 4.99 Å². The number of nitrogens with one attached hydrogen (secondary N) is 2. The molecule has 0 bridgehead atoms. The molecule has 37 heavy (non-hydrogen) atoms. The summed E-state index contributed by atoms with van der Waals surface area (Å²) in [5.74, 6) is 0.894. The van der Waals surface area contributed by atoms with E-state index in [2.05, 4.69) is 31.7 Å². The van der Waals surface area contributed by atoms with E-state index in [0.717, 1.165) is 48.4 Å². The van der Waals surface area contributed by atoms with E-state index >= 15 is 0 Å². The molecule has 0 saturated carbocycles. The lowest BCUT2D eigenvalue weighted by molar-refractivity contribution is -0.129. The number of morpholine rings is 1. The monoisotopic (exact) mass is 574 g/mol. The van der Waals surface area contributed by atoms with Crippen LogP contribution in [0.25, 0.3) is 0 Å². The Labute approximate surface area is 226 Å². The minimum atomic E-state index is -1.13. The van der Waals surface area contributed by atoms with Crippen LogP contribution >= 0.6 is 15.9 Å². The number of hydrazine groups is 1. The van der Waals surface area contributed by atoms with Gasteiger partial charge >= 0.3 is 0 Å². The number of carbonyl (C=O) groups is 1. The van der Waals surface area contributed by atoms with Crippen molar-refractivity contribution in [3.63, 3.8) is 0 Å². The minimum absolute atomic E-state index is 0.0885. The summed E-state index contributed by atoms with van der Waals surface area (Å²) in [5, 5.41) is 8.94. The van der Waals surface area contributed by atoms with Crippen molar-refractivity contribution in [2.45, 2.75) is 31.4 Å². The molecule has 3 N–H and O–H groups in total. The molecule has 2 aliphatic heterocycles. The van der Waals surface area contributed by atoms with Crippen LogP contribution in [0.3, 0.4) is 0 Å². The van der Waals surface area contributed by atoms with Gasteiger partial charge in [0.1, 0.15) is 11.9 Å². The average molecular weight is 576 g/mol. The van der Waals surface area contributed by atoms with Crippen molar-refractivity contribution in [1.82, 2.24) is 15.8 Å². The predicted molar refractivity (Wildman–Crippen MR) is 145 cm³/mol. The van der Waals surface area contributed by atoms with Gasteiger partial charge in [-0.15, -0.1) is 0 Å². The van der Waals surface area contributed by atoms with Crippen LogP contribution in [0, 0.1) is 0 Å². The Hall–Kier alpha value is -2.50. The van der Waals surface area contributed by atoms with E-state index < -0.39 is 11.6 Å². The Kier molecular flexibility index (Phi) is 9.93. The highest BCUT2D eigenvalue weighted by molar-refractivity contribution is 9.10. The van der Waals surface area contributed by atoms with Gasteiger partial charge in [-0.05, 0) is 48.9 Å². The Morgan fingerprint density at radius 1 is 1.19 bits per heavy atom. The average Bonchev–Trinajstić information content (AvgIpc) is 3.25. The highest BCUT2D eigenvalue weighted by Gasteiger charge is 2.50. The normalized spacial score (nSPS) is 21.8. The van der Waals surface area contributed by atoms with Crippen LogP contribution in [0.2, 0.25) is 0 Å². The minimum Gasteiger partial charge on any atom is -0.494 e. The van der Waals surface area contributed by atoms with Crippen LogP contribution in [0.4, 0.5) is 0 Å². The lowest BCUT2D eigenvalue weighted by atomic mass is 9.86. The first-order chi connectivity index (χ1) is 18.0. The van der Waals surface area contributed by atoms with Crippen molar-refractivity contribution in [3.8, 4) is 5.75 Å². The van der Waals surface area contributed by atoms with Crippen molar-refractivity contribution < 1.29 is 24.1 Å². The van der Waals surface area contributed by atoms with Crippen LogP contribution < -0.4 is 15.6 Å². The van der Waals surface area contributed by atoms with Gasteiger partial charge in [0.25, 0.3) is 5.91 Å². The van der Waals surface area contributed by atoms with Gasteiger partial charge in [-0.25, -0.2) is 10.4 Å². The molecule has 200 valence electrons. The number of nitrogens with zero attached hydrogens (tertiary/aromatic N) is 2. The summed E-state index contributed by atoms with van der Waals surface area (Å²) in [6.07, 6.45) is 0.487. The number of benzene rings is 2. The summed E-state index contributed by atoms with van der Waals surface area (Å²) in [4.78, 5) is 20.8. The number of hydrogen-bond donors (Lipinski definition) is 3. The number of aliphatic hydroxyl groups excluding tert-OH is 1. The van der Waals surface area contributed by atoms with Crippen molar-refractivity contribution in [3.05, 3.63) is 64.1 Å². The molecule has 4 rings (SSSR count). The fraction of sp³-hybridized carbons (Fsp3) is 0.481. The SMILES string of the molecule is C[C@@H]1OC(c2ccc(OCCCO)cc2)=N[C@]1(Cc1ccc(Br)cc1)C(=O)NNCCN1CCOCC1. The molecule has 0 spiro atoms. The molecule has 2 aromatic carbocycles. The molecule has 0 unspecified atom stereocenters. The summed E-state index contributed by atoms with van der Waals surface area (Å²) in [7, 11) is 0. The third kappa shape index (κ3) is 7.30. The molecule has 2 atom stereocenters. The largest absolute Gasteiger partial charge is 0.494 e. The number of aliphatic hydroxyl groups is 1. The highest BCUT2D eigenvalue weighted by Crippen LogP contribution is 2.33. The molecule has 0 aliphatic carbocycles. The molecule has 0 radical (unpaired) electrons. The Bertz CT molecular complexity index is 1040. The van der Waals surface area contributed by atoms with E-state index in [4.69, 9.17) is 24.3 Å². The van der Waals surface area contributed by atoms with Crippen LogP contribution in [0.5, 0.6) is 5.75 Å². The Morgan fingerprint density at radius 3 is 2.62 bits per heavy atom. The number of rotatable bonds is 12. The van der Waals surface area contributed by atoms with Gasteiger partial charge in [0, 0.05) is 55.7 Å². The molecule has 1 saturated heterocycles. The zero-order valence-electron chi connectivity index (χ0n) is 21.1. The Morgan fingerprint density at radius 2 is 1.92 bits per heavy atom. The number of hydrogen-bond acceptors (Lipinski definition) is 8. The number of aliphatic imine (C=N–C) groups is 1. The van der Waals surface area contributed by atoms with E-state index in [1.807, 2.05) is 55.5 Å². The lowest BCUT2D eigenvalue weighted by Crippen LogP contribution is -2.56. The van der Waals surface area contributed by atoms with Crippen LogP contribution in [-0.2, 0) is 20.7 Å². The third-order valence-electron chi connectivity index (χ3n) is 6.57. The Balaban J connectivity index is 1.48. The van der Waals surface area contributed by atoms with Crippen molar-refractivity contribution in [2.75, 3.05) is 52.6 Å². The molecule has 1 amide bonds. The van der Waals surface area contributed by atoms with Gasteiger partial charge < -0.3 is 19.3 Å². The smallest absolute Gasteiger partial charge is 0.266 e. The van der Waals surface area contributed by atoms with Gasteiger partial charge in [0.15, 0.2) is 5.54 Å². The fourth-order valence-electron chi connectivity index (χ4n) is 4.35. The van der Waals surface area contributed by atoms with Gasteiger partial charge in [-0.1, -0.05) is 28.1 Å². The second kappa shape index (κ2) is 13.3. The van der Waals surface area contributed by atoms with Crippen molar-refractivity contribution in [1.29, 1.82) is 0 Å². The van der Waals surface area contributed by atoms with Gasteiger partial charge in [0.05, 0.1) is 19.8 Å². The summed E-state index contributed by atoms with van der Waals surface area (Å²) >= 11 is 3.48. The van der Waals surface area contributed by atoms with Crippen LogP contribution in [0.1, 0.15) is 24.5 Å². The van der Waals surface area contributed by atoms with Gasteiger partial charge in [0.2, 0.25) is 5.90 Å². The number of halogens is 1. The second-order valence-corrected chi connectivity index (χ2v) is 10.1. The van der Waals surface area contributed by atoms with E-state index in [1.165, 1.54) is 0 Å². The number of amides is 1. The summed E-state index contributed by atoms with van der Waals surface area (Å²) in [5.41, 5.74) is 6.60. The first-order valence-corrected chi connectivity index (χ1v) is 13.5. The molecular formula is C27H35BrN4O5. The van der Waals surface area contributed by atoms with E-state index in [9.17, 15) is 4.79 Å². The van der Waals surface area contributed by atoms with Crippen LogP contribution in [-0.4, -0.2) is 86.1 Å². The first kappa shape index (κ1) is 27.5. The topological polar surface area (TPSA) is 105 Å². The summed E-state index contributed by atoms with van der Waals surface area (Å²) in [6, 6.07) is 15.3. The molecule has 2 aromatic rings. The molecule has 10 heteroatoms. The third-order valence-corrected chi connectivity index (χ3v) is 7.10. The van der Waals surface area contributed by atoms with Gasteiger partial charge in [-0.2, -0.15) is 0 Å². The fourth-order valence-corrected chi connectivity index (χ4v) is 4.61. The second-order valence-electron chi connectivity index (χ2n) is 9.19. The number of ether oxygens (including phenoxy) is 3. The first-order valence-electron chi connectivity index (χ1n) is 12.7. The maximum Gasteiger partial charge on any atom is 0.266 e. The lowest BCUT2D eigenvalue weighted by Gasteiger charge is -2.29. The predicted octanol–water partition coefficient (Wildman–Crippen LogP) is 2.31. The number of carbonyl (C=O) groups excluding carboxylic acids is 1. The summed E-state index contributed by atoms with van der Waals surface area (Å²) in [6.45, 7) is 7.12. The van der Waals surface area contributed by atoms with Crippen LogP contribution in [0.15, 0.2) is 58.0 Å². The molecule has 2 heterocycles. The van der Waals surface area contributed by atoms with Gasteiger partial charge in [-0.3, -0.25) is 15.1 Å². The molecular weight excluding hydrogens is 540 g/mol. The zero-order valence-corrected chi connectivity index (χ0v) is 22.7. The highest BCUT2D eigenvalue weighted by atomic mass is 79.9. The quantitative estimate of drug-likeness (QED) is 0.264. The molecule has 0 aromatic heterocycles.